The number of hydrogen-bond donors (Lipinski definition) is 0. The van der Waals surface area contributed by atoms with Gasteiger partial charge in [-0.05, 0) is 0 Å². The molecule has 0 saturated heterocycles. The quantitative estimate of drug-likeness (QED) is 0.435. The van der Waals surface area contributed by atoms with Crippen LogP contribution in [-0.4, -0.2) is 0 Å². The van der Waals surface area contributed by atoms with Crippen molar-refractivity contribution in [3.05, 3.63) is 21.6 Å². The van der Waals surface area contributed by atoms with Crippen LogP contribution in [0.5, 0.6) is 0 Å². The van der Waals surface area contributed by atoms with Crippen molar-refractivity contribution in [2.75, 3.05) is 0 Å². The molecular weight excluding hydrogens is 215 g/mol. The molecule has 0 aromatic rings. The van der Waals surface area contributed by atoms with Gasteiger partial charge in [-0.3, -0.25) is 0 Å². The number of rotatable bonds is 2. The molecule has 3 heteroatoms. The monoisotopic (exact) mass is 226 g/mol. The van der Waals surface area contributed by atoms with Gasteiger partial charge in [-0.25, -0.2) is 0 Å². The van der Waals surface area contributed by atoms with Crippen LogP contribution in [0.1, 0.15) is 19.8 Å². The summed E-state index contributed by atoms with van der Waals surface area (Å²) in [7, 11) is 0. The van der Waals surface area contributed by atoms with Gasteiger partial charge in [-0.2, -0.15) is 0 Å². The van der Waals surface area contributed by atoms with E-state index in [1.807, 2.05) is 0 Å². The van der Waals surface area contributed by atoms with Gasteiger partial charge in [0, 0.05) is 0 Å². The molecule has 0 nitrogen and oxygen atoms in total. The molecule has 1 aliphatic carbocycles. The van der Waals surface area contributed by atoms with E-state index in [4.69, 9.17) is 0 Å². The predicted octanol–water partition coefficient (Wildman–Crippen LogP) is -3.25. The molecule has 1 rings (SSSR count). The number of halogens is 2. The first-order valence-electron chi connectivity index (χ1n) is 3.43. The summed E-state index contributed by atoms with van der Waals surface area (Å²) in [6.07, 6.45) is 7.15. The Morgan fingerprint density at radius 1 is 1.36 bits per heavy atom. The van der Waals surface area contributed by atoms with Crippen molar-refractivity contribution in [1.82, 2.24) is 0 Å². The molecule has 62 valence electrons. The van der Waals surface area contributed by atoms with Crippen LogP contribution < -0.4 is 24.8 Å². The molecule has 0 unspecified atom stereocenters. The zero-order valence-corrected chi connectivity index (χ0v) is 9.90. The molecule has 0 radical (unpaired) electrons. The van der Waals surface area contributed by atoms with E-state index < -0.39 is 0 Å². The van der Waals surface area contributed by atoms with E-state index in [1.165, 1.54) is 12.8 Å². The minimum absolute atomic E-state index is 0. The zero-order valence-electron chi connectivity index (χ0n) is 6.82. The smallest absolute Gasteiger partial charge is 1.00 e. The normalized spacial score (nSPS) is 13.6. The van der Waals surface area contributed by atoms with Gasteiger partial charge in [0.05, 0.1) is 0 Å². The van der Waals surface area contributed by atoms with Crippen molar-refractivity contribution >= 4 is 0 Å². The van der Waals surface area contributed by atoms with Gasteiger partial charge >= 0.3 is 65.7 Å². The van der Waals surface area contributed by atoms with Gasteiger partial charge in [-0.1, -0.05) is 0 Å². The molecule has 0 N–H and O–H groups in total. The third-order valence-corrected chi connectivity index (χ3v) is 3.25. The molecule has 11 heavy (non-hydrogen) atoms. The van der Waals surface area contributed by atoms with Gasteiger partial charge in [0.1, 0.15) is 0 Å². The van der Waals surface area contributed by atoms with Crippen molar-refractivity contribution in [3.8, 4) is 0 Å². The van der Waals surface area contributed by atoms with Crippen molar-refractivity contribution in [3.63, 3.8) is 0 Å². The Balaban J connectivity index is 0. The molecule has 0 heterocycles. The number of hydrogen-bond acceptors (Lipinski definition) is 0. The third kappa shape index (κ3) is 4.37. The summed E-state index contributed by atoms with van der Waals surface area (Å²) in [4.78, 5) is 0. The van der Waals surface area contributed by atoms with Crippen LogP contribution in [-0.2, 0) is 19.2 Å². The van der Waals surface area contributed by atoms with E-state index in [2.05, 4.69) is 24.3 Å². The van der Waals surface area contributed by atoms with Crippen molar-refractivity contribution in [2.45, 2.75) is 25.0 Å². The van der Waals surface area contributed by atoms with E-state index in [-0.39, 0.29) is 44.0 Å². The van der Waals surface area contributed by atoms with Crippen LogP contribution in [0.15, 0.2) is 21.6 Å². The first kappa shape index (κ1) is 14.3. The Labute approximate surface area is 90.3 Å². The average molecular weight is 227 g/mol. The Hall–Kier alpha value is 0.774. The fourth-order valence-electron chi connectivity index (χ4n) is 0.995. The van der Waals surface area contributed by atoms with Crippen LogP contribution >= 0.6 is 0 Å². The number of allylic oxidation sites excluding steroid dienone is 4. The molecule has 0 saturated carbocycles. The topological polar surface area (TPSA) is 0 Å². The van der Waals surface area contributed by atoms with E-state index >= 15 is 0 Å². The van der Waals surface area contributed by atoms with E-state index in [1.54, 1.807) is 9.45 Å². The molecule has 0 atom stereocenters. The molecule has 0 aliphatic heterocycles. The van der Waals surface area contributed by atoms with Gasteiger partial charge < -0.3 is 24.8 Å². The molecule has 0 bridgehead atoms. The Bertz CT molecular complexity index is 143. The second-order valence-corrected chi connectivity index (χ2v) is 4.08. The van der Waals surface area contributed by atoms with Gasteiger partial charge in [0.15, 0.2) is 0 Å². The summed E-state index contributed by atoms with van der Waals surface area (Å²) in [5.41, 5.74) is 1.62. The first-order chi connectivity index (χ1) is 4.36. The van der Waals surface area contributed by atoms with Crippen LogP contribution in [0.3, 0.4) is 0 Å². The summed E-state index contributed by atoms with van der Waals surface area (Å²) >= 11 is 0.265. The fraction of sp³-hybridized carbons (Fsp3) is 0.500. The minimum atomic E-state index is 0. The van der Waals surface area contributed by atoms with Crippen LogP contribution in [0, 0.1) is 0 Å². The Morgan fingerprint density at radius 3 is 2.27 bits per heavy atom. The zero-order chi connectivity index (χ0) is 6.69. The maximum Gasteiger partial charge on any atom is -1.00 e. The Morgan fingerprint density at radius 2 is 2.00 bits per heavy atom. The summed E-state index contributed by atoms with van der Waals surface area (Å²) < 4.78 is 1.71. The Kier molecular flexibility index (Phi) is 9.66. The minimum Gasteiger partial charge on any atom is -1.00 e. The summed E-state index contributed by atoms with van der Waals surface area (Å²) in [5.74, 6) is 0. The van der Waals surface area contributed by atoms with E-state index in [0.717, 1.165) is 0 Å². The fourth-order valence-corrected chi connectivity index (χ4v) is 2.02. The molecule has 0 fully saturated rings. The SMILES string of the molecule is CCC1=CC=[C]([Ti+2][CH3])C1.[Cl-].[Cl-]. The second kappa shape index (κ2) is 7.42. The van der Waals surface area contributed by atoms with Crippen LogP contribution in [0.25, 0.3) is 0 Å². The molecule has 1 aliphatic rings. The van der Waals surface area contributed by atoms with E-state index in [9.17, 15) is 0 Å². The molecular formula is C8H12Cl2Ti. The maximum absolute atomic E-state index is 2.35. The van der Waals surface area contributed by atoms with Gasteiger partial charge in [-0.15, -0.1) is 0 Å². The molecule has 0 amide bonds. The summed E-state index contributed by atoms with van der Waals surface area (Å²) in [5, 5.41) is 2.35. The molecule has 0 aromatic heterocycles. The van der Waals surface area contributed by atoms with Gasteiger partial charge in [0.25, 0.3) is 0 Å². The van der Waals surface area contributed by atoms with Crippen LogP contribution in [0.4, 0.5) is 0 Å². The van der Waals surface area contributed by atoms with E-state index in [0.29, 0.717) is 0 Å². The second-order valence-electron chi connectivity index (χ2n) is 2.30. The standard InChI is InChI=1S/C7H9.CH3.2ClH.Ti/c1-2-7-5-3-4-6-7;;;;/h3,5H,2,6H2,1H3;1H3;2*1H;/q;;;;+2/p-2. The average Bonchev–Trinajstić information content (AvgIpc) is 2.34. The third-order valence-electron chi connectivity index (χ3n) is 1.71. The summed E-state index contributed by atoms with van der Waals surface area (Å²) in [6, 6.07) is 0. The van der Waals surface area contributed by atoms with Crippen molar-refractivity contribution < 1.29 is 44.0 Å². The van der Waals surface area contributed by atoms with Crippen molar-refractivity contribution in [2.24, 2.45) is 0 Å². The molecule has 0 spiro atoms. The van der Waals surface area contributed by atoms with Crippen LogP contribution in [0.2, 0.25) is 5.23 Å². The van der Waals surface area contributed by atoms with Gasteiger partial charge in [0.2, 0.25) is 0 Å². The first-order valence-corrected chi connectivity index (χ1v) is 5.77. The van der Waals surface area contributed by atoms with Crippen molar-refractivity contribution in [1.29, 1.82) is 0 Å². The molecule has 0 aromatic carbocycles. The largest absolute Gasteiger partial charge is 1.00 e. The maximum atomic E-state index is 2.35. The predicted molar refractivity (Wildman–Crippen MR) is 36.9 cm³/mol. The summed E-state index contributed by atoms with van der Waals surface area (Å²) in [6.45, 7) is 2.23.